The van der Waals surface area contributed by atoms with Gasteiger partial charge >= 0.3 is 12.1 Å². The van der Waals surface area contributed by atoms with Crippen LogP contribution < -0.4 is 0 Å². The van der Waals surface area contributed by atoms with Crippen LogP contribution in [0.5, 0.6) is 0 Å². The first-order valence-electron chi connectivity index (χ1n) is 9.15. The van der Waals surface area contributed by atoms with E-state index in [0.717, 1.165) is 31.4 Å². The average Bonchev–Trinajstić information content (AvgIpc) is 3.04. The first kappa shape index (κ1) is 23.1. The van der Waals surface area contributed by atoms with Crippen molar-refractivity contribution in [2.24, 2.45) is 0 Å². The van der Waals surface area contributed by atoms with Crippen molar-refractivity contribution >= 4 is 11.9 Å². The zero-order chi connectivity index (χ0) is 21.8. The predicted octanol–water partition coefficient (Wildman–Crippen LogP) is 2.67. The number of carbonyl (C=O) groups excluding carboxylic acids is 1. The molecule has 1 amide bonds. The summed E-state index contributed by atoms with van der Waals surface area (Å²) in [7, 11) is 3.52. The lowest BCUT2D eigenvalue weighted by Gasteiger charge is -2.36. The van der Waals surface area contributed by atoms with Crippen molar-refractivity contribution < 1.29 is 37.0 Å². The second-order valence-electron chi connectivity index (χ2n) is 7.19. The predicted molar refractivity (Wildman–Crippen MR) is 95.5 cm³/mol. The number of amides is 1. The summed E-state index contributed by atoms with van der Waals surface area (Å²) in [5.41, 5.74) is 0.731. The quantitative estimate of drug-likeness (QED) is 0.762. The summed E-state index contributed by atoms with van der Waals surface area (Å²) in [6.45, 7) is 1.51. The fraction of sp³-hybridized carbons (Fsp3) is 0.579. The summed E-state index contributed by atoms with van der Waals surface area (Å²) in [5, 5.41) is 7.12. The Bertz CT molecular complexity index is 726. The number of fused-ring (bicyclic) bond motifs is 1. The Labute approximate surface area is 166 Å². The minimum Gasteiger partial charge on any atom is -0.475 e. The van der Waals surface area contributed by atoms with Gasteiger partial charge in [0.15, 0.2) is 0 Å². The highest BCUT2D eigenvalue weighted by Crippen LogP contribution is 2.33. The minimum atomic E-state index is -5.08. The molecule has 3 atom stereocenters. The van der Waals surface area contributed by atoms with Crippen molar-refractivity contribution in [3.8, 4) is 0 Å². The molecule has 0 aromatic heterocycles. The molecule has 2 heterocycles. The van der Waals surface area contributed by atoms with Gasteiger partial charge < -0.3 is 14.7 Å². The topological polar surface area (TPSA) is 70.1 Å². The van der Waals surface area contributed by atoms with E-state index in [0.29, 0.717) is 12.6 Å². The highest BCUT2D eigenvalue weighted by Gasteiger charge is 2.42. The minimum absolute atomic E-state index is 0.0472. The van der Waals surface area contributed by atoms with E-state index in [-0.39, 0.29) is 23.9 Å². The number of ether oxygens (including phenoxy) is 1. The number of alkyl halides is 3. The Morgan fingerprint density at radius 2 is 1.83 bits per heavy atom. The van der Waals surface area contributed by atoms with Crippen LogP contribution in [-0.2, 0) is 20.9 Å². The van der Waals surface area contributed by atoms with Gasteiger partial charge in [-0.25, -0.2) is 9.18 Å². The summed E-state index contributed by atoms with van der Waals surface area (Å²) in [5.74, 6) is -2.86. The SMILES string of the molecule is CN(C)C(=O)[C@H]1CC[C@@H]2[C@@H](CCN2Cc2ccccc2F)O1.O=C(O)C(F)(F)F. The maximum atomic E-state index is 13.8. The normalized spacial score (nSPS) is 24.3. The van der Waals surface area contributed by atoms with Crippen molar-refractivity contribution in [1.29, 1.82) is 0 Å². The Morgan fingerprint density at radius 1 is 1.21 bits per heavy atom. The maximum absolute atomic E-state index is 13.8. The van der Waals surface area contributed by atoms with Gasteiger partial charge in [0.25, 0.3) is 5.91 Å². The van der Waals surface area contributed by atoms with E-state index in [1.165, 1.54) is 6.07 Å². The smallest absolute Gasteiger partial charge is 0.475 e. The molecular formula is C19H24F4N2O4. The fourth-order valence-corrected chi connectivity index (χ4v) is 3.53. The number of hydrogen-bond donors (Lipinski definition) is 1. The maximum Gasteiger partial charge on any atom is 0.490 e. The van der Waals surface area contributed by atoms with E-state index in [1.807, 2.05) is 12.1 Å². The molecule has 6 nitrogen and oxygen atoms in total. The lowest BCUT2D eigenvalue weighted by molar-refractivity contribution is -0.192. The molecular weight excluding hydrogens is 396 g/mol. The van der Waals surface area contributed by atoms with Gasteiger partial charge in [0.05, 0.1) is 6.10 Å². The van der Waals surface area contributed by atoms with Crippen LogP contribution in [0.4, 0.5) is 17.6 Å². The molecule has 2 fully saturated rings. The summed E-state index contributed by atoms with van der Waals surface area (Å²) in [6.07, 6.45) is -2.72. The number of likely N-dealkylation sites (tertiary alicyclic amines) is 1. The van der Waals surface area contributed by atoms with Crippen LogP contribution in [0, 0.1) is 5.82 Å². The fourth-order valence-electron chi connectivity index (χ4n) is 3.53. The number of hydrogen-bond acceptors (Lipinski definition) is 4. The Kier molecular flexibility index (Phi) is 7.59. The zero-order valence-corrected chi connectivity index (χ0v) is 16.2. The lowest BCUT2D eigenvalue weighted by Crippen LogP contribution is -2.47. The van der Waals surface area contributed by atoms with E-state index in [4.69, 9.17) is 14.6 Å². The number of carboxylic acid groups (broad SMARTS) is 1. The van der Waals surface area contributed by atoms with Gasteiger partial charge in [-0.15, -0.1) is 0 Å². The average molecular weight is 420 g/mol. The molecule has 3 rings (SSSR count). The molecule has 1 aromatic carbocycles. The van der Waals surface area contributed by atoms with Crippen molar-refractivity contribution in [2.45, 2.75) is 50.2 Å². The number of nitrogens with zero attached hydrogens (tertiary/aromatic N) is 2. The van der Waals surface area contributed by atoms with Gasteiger partial charge in [0, 0.05) is 38.8 Å². The number of aliphatic carboxylic acids is 1. The number of likely N-dealkylation sites (N-methyl/N-ethyl adjacent to an activating group) is 1. The van der Waals surface area contributed by atoms with Crippen LogP contribution in [0.25, 0.3) is 0 Å². The largest absolute Gasteiger partial charge is 0.490 e. The van der Waals surface area contributed by atoms with E-state index >= 15 is 0 Å². The second-order valence-corrected chi connectivity index (χ2v) is 7.19. The van der Waals surface area contributed by atoms with Crippen molar-refractivity contribution in [2.75, 3.05) is 20.6 Å². The van der Waals surface area contributed by atoms with Gasteiger partial charge in [0.1, 0.15) is 11.9 Å². The molecule has 1 aromatic rings. The molecule has 0 saturated carbocycles. The highest BCUT2D eigenvalue weighted by atomic mass is 19.4. The molecule has 29 heavy (non-hydrogen) atoms. The molecule has 1 N–H and O–H groups in total. The molecule has 2 aliphatic heterocycles. The van der Waals surface area contributed by atoms with Crippen LogP contribution in [0.2, 0.25) is 0 Å². The number of halogens is 4. The number of carboxylic acids is 1. The van der Waals surface area contributed by atoms with E-state index in [2.05, 4.69) is 4.90 Å². The molecule has 0 radical (unpaired) electrons. The molecule has 0 bridgehead atoms. The monoisotopic (exact) mass is 420 g/mol. The number of benzene rings is 1. The van der Waals surface area contributed by atoms with Crippen LogP contribution >= 0.6 is 0 Å². The molecule has 0 unspecified atom stereocenters. The first-order valence-corrected chi connectivity index (χ1v) is 9.15. The van der Waals surface area contributed by atoms with Crippen LogP contribution in [-0.4, -0.2) is 71.8 Å². The van der Waals surface area contributed by atoms with Crippen LogP contribution in [0.15, 0.2) is 24.3 Å². The Morgan fingerprint density at radius 3 is 2.38 bits per heavy atom. The molecule has 162 valence electrons. The van der Waals surface area contributed by atoms with Gasteiger partial charge in [0.2, 0.25) is 0 Å². The highest BCUT2D eigenvalue weighted by molar-refractivity contribution is 5.80. The van der Waals surface area contributed by atoms with Crippen molar-refractivity contribution in [1.82, 2.24) is 9.80 Å². The summed E-state index contributed by atoms with van der Waals surface area (Å²) in [6, 6.07) is 7.23. The first-order chi connectivity index (χ1) is 13.5. The Balaban J connectivity index is 0.000000370. The second kappa shape index (κ2) is 9.53. The molecule has 2 aliphatic rings. The van der Waals surface area contributed by atoms with Crippen molar-refractivity contribution in [3.05, 3.63) is 35.6 Å². The van der Waals surface area contributed by atoms with E-state index in [9.17, 15) is 22.4 Å². The Hall–Kier alpha value is -2.20. The van der Waals surface area contributed by atoms with Gasteiger partial charge in [-0.2, -0.15) is 13.2 Å². The third-order valence-corrected chi connectivity index (χ3v) is 4.95. The lowest BCUT2D eigenvalue weighted by atomic mass is 9.98. The molecule has 0 aliphatic carbocycles. The number of carbonyl (C=O) groups is 2. The molecule has 0 spiro atoms. The zero-order valence-electron chi connectivity index (χ0n) is 16.2. The molecule has 2 saturated heterocycles. The molecule has 10 heteroatoms. The summed E-state index contributed by atoms with van der Waals surface area (Å²) >= 11 is 0. The van der Waals surface area contributed by atoms with Gasteiger partial charge in [-0.3, -0.25) is 9.69 Å². The summed E-state index contributed by atoms with van der Waals surface area (Å²) < 4.78 is 51.6. The van der Waals surface area contributed by atoms with Gasteiger partial charge in [-0.05, 0) is 25.3 Å². The third kappa shape index (κ3) is 6.14. The number of rotatable bonds is 3. The van der Waals surface area contributed by atoms with Crippen molar-refractivity contribution in [3.63, 3.8) is 0 Å². The summed E-state index contributed by atoms with van der Waals surface area (Å²) in [4.78, 5) is 24.8. The third-order valence-electron chi connectivity index (χ3n) is 4.95. The van der Waals surface area contributed by atoms with Gasteiger partial charge in [-0.1, -0.05) is 18.2 Å². The van der Waals surface area contributed by atoms with E-state index < -0.39 is 12.1 Å². The van der Waals surface area contributed by atoms with Crippen LogP contribution in [0.1, 0.15) is 24.8 Å². The standard InChI is InChI=1S/C17H23FN2O2.C2HF3O2/c1-19(2)17(21)16-8-7-14-15(22-16)9-10-20(14)11-12-5-3-4-6-13(12)18;3-2(4,5)1(6)7/h3-6,14-16H,7-11H2,1-2H3;(H,6,7)/t14-,15-,16-;/m1./s1. The van der Waals surface area contributed by atoms with E-state index in [1.54, 1.807) is 25.1 Å². The van der Waals surface area contributed by atoms with Crippen LogP contribution in [0.3, 0.4) is 0 Å².